The second-order valence-electron chi connectivity index (χ2n) is 2.34. The lowest BCUT2D eigenvalue weighted by molar-refractivity contribution is 0.219. The summed E-state index contributed by atoms with van der Waals surface area (Å²) in [5.41, 5.74) is 0. The number of rotatable bonds is 7. The largest absolute Gasteiger partial charge is 0.319 e. The summed E-state index contributed by atoms with van der Waals surface area (Å²) < 4.78 is 21.0. The molecule has 0 aliphatic rings. The van der Waals surface area contributed by atoms with E-state index in [1.807, 2.05) is 0 Å². The highest BCUT2D eigenvalue weighted by molar-refractivity contribution is 7.34. The fraction of sp³-hybridized carbons (Fsp3) is 1.00. The summed E-state index contributed by atoms with van der Waals surface area (Å²) in [6.07, 6.45) is 2.73. The zero-order valence-electron chi connectivity index (χ0n) is 7.29. The molecule has 0 N–H and O–H groups in total. The van der Waals surface area contributed by atoms with Gasteiger partial charge in [-0.2, -0.15) is 0 Å². The molecule has 12 heavy (non-hydrogen) atoms. The van der Waals surface area contributed by atoms with Crippen LogP contribution in [-0.4, -0.2) is 18.6 Å². The molecule has 0 fully saturated rings. The quantitative estimate of drug-likeness (QED) is 0.497. The van der Waals surface area contributed by atoms with E-state index in [1.165, 1.54) is 0 Å². The molecule has 0 aliphatic carbocycles. The average molecular weight is 230 g/mol. The second-order valence-corrected chi connectivity index (χ2v) is 4.58. The fourth-order valence-electron chi connectivity index (χ4n) is 0.506. The Morgan fingerprint density at radius 2 is 2.25 bits per heavy atom. The standard InChI is InChI=1S/C6H17O3P3/c1-2-3-4-8-12(7)9-6(11)5-10/h6,12H,2-5,10-11H2,1H3. The van der Waals surface area contributed by atoms with Crippen LogP contribution in [0.5, 0.6) is 0 Å². The second kappa shape index (κ2) is 8.60. The molecule has 6 heteroatoms. The molecule has 0 rings (SSSR count). The van der Waals surface area contributed by atoms with Crippen molar-refractivity contribution in [1.82, 2.24) is 0 Å². The Hall–Kier alpha value is 1.01. The SMILES string of the molecule is CCCCO[PH](=O)OC(P)CP. The van der Waals surface area contributed by atoms with Crippen LogP contribution in [0.4, 0.5) is 0 Å². The lowest BCUT2D eigenvalue weighted by Crippen LogP contribution is -2.00. The highest BCUT2D eigenvalue weighted by Gasteiger charge is 2.04. The van der Waals surface area contributed by atoms with Crippen LogP contribution in [0.2, 0.25) is 0 Å². The zero-order chi connectivity index (χ0) is 9.40. The molecular formula is C6H17O3P3. The topological polar surface area (TPSA) is 35.5 Å². The predicted octanol–water partition coefficient (Wildman–Crippen LogP) is 2.29. The van der Waals surface area contributed by atoms with Crippen LogP contribution in [0.1, 0.15) is 19.8 Å². The zero-order valence-corrected chi connectivity index (χ0v) is 10.6. The summed E-state index contributed by atoms with van der Waals surface area (Å²) in [5, 5.41) is 0. The van der Waals surface area contributed by atoms with E-state index in [-0.39, 0.29) is 5.85 Å². The molecule has 0 aromatic carbocycles. The summed E-state index contributed by atoms with van der Waals surface area (Å²) >= 11 is 0. The molecule has 0 saturated carbocycles. The molecule has 4 unspecified atom stereocenters. The summed E-state index contributed by atoms with van der Waals surface area (Å²) in [6, 6.07) is 0. The molecule has 0 radical (unpaired) electrons. The van der Waals surface area contributed by atoms with Crippen LogP contribution < -0.4 is 0 Å². The van der Waals surface area contributed by atoms with Crippen molar-refractivity contribution in [2.45, 2.75) is 25.6 Å². The van der Waals surface area contributed by atoms with Crippen LogP contribution in [0.25, 0.3) is 0 Å². The summed E-state index contributed by atoms with van der Waals surface area (Å²) in [4.78, 5) is 0. The van der Waals surface area contributed by atoms with Crippen molar-refractivity contribution in [1.29, 1.82) is 0 Å². The Kier molecular flexibility index (Phi) is 9.33. The first kappa shape index (κ1) is 13.0. The van der Waals surface area contributed by atoms with Crippen LogP contribution in [0.15, 0.2) is 0 Å². The van der Waals surface area contributed by atoms with E-state index in [1.54, 1.807) is 0 Å². The van der Waals surface area contributed by atoms with Gasteiger partial charge >= 0.3 is 8.25 Å². The van der Waals surface area contributed by atoms with Crippen molar-refractivity contribution in [3.63, 3.8) is 0 Å². The minimum atomic E-state index is -2.26. The van der Waals surface area contributed by atoms with Crippen molar-refractivity contribution in [2.75, 3.05) is 12.8 Å². The maximum Gasteiger partial charge on any atom is 0.319 e. The summed E-state index contributed by atoms with van der Waals surface area (Å²) in [6.45, 7) is 2.59. The van der Waals surface area contributed by atoms with Gasteiger partial charge in [0, 0.05) is 0 Å². The van der Waals surface area contributed by atoms with Gasteiger partial charge in [0.15, 0.2) is 0 Å². The number of unbranched alkanes of at least 4 members (excludes halogenated alkanes) is 1. The van der Waals surface area contributed by atoms with Crippen molar-refractivity contribution in [2.24, 2.45) is 0 Å². The molecule has 0 bridgehead atoms. The van der Waals surface area contributed by atoms with Gasteiger partial charge < -0.3 is 9.05 Å². The van der Waals surface area contributed by atoms with E-state index < -0.39 is 8.25 Å². The van der Waals surface area contributed by atoms with Crippen LogP contribution in [0.3, 0.4) is 0 Å². The first-order valence-corrected chi connectivity index (χ1v) is 6.70. The predicted molar refractivity (Wildman–Crippen MR) is 59.0 cm³/mol. The van der Waals surface area contributed by atoms with Gasteiger partial charge in [-0.25, -0.2) is 0 Å². The molecule has 0 amide bonds. The normalized spacial score (nSPS) is 15.9. The first-order valence-electron chi connectivity index (χ1n) is 3.99. The molecule has 0 aromatic rings. The molecule has 3 nitrogen and oxygen atoms in total. The van der Waals surface area contributed by atoms with Crippen molar-refractivity contribution in [3.05, 3.63) is 0 Å². The van der Waals surface area contributed by atoms with Gasteiger partial charge in [0.2, 0.25) is 0 Å². The first-order chi connectivity index (χ1) is 5.70. The Labute approximate surface area is 79.3 Å². The van der Waals surface area contributed by atoms with E-state index in [0.29, 0.717) is 6.61 Å². The molecule has 0 aromatic heterocycles. The van der Waals surface area contributed by atoms with Crippen molar-refractivity contribution < 1.29 is 13.6 Å². The van der Waals surface area contributed by atoms with E-state index in [4.69, 9.17) is 9.05 Å². The van der Waals surface area contributed by atoms with Gasteiger partial charge in [-0.1, -0.05) is 13.3 Å². The maximum atomic E-state index is 11.0. The van der Waals surface area contributed by atoms with Gasteiger partial charge in [-0.3, -0.25) is 4.57 Å². The molecule has 0 aliphatic heterocycles. The van der Waals surface area contributed by atoms with Gasteiger partial charge in [-0.15, -0.1) is 18.5 Å². The van der Waals surface area contributed by atoms with Crippen LogP contribution in [0, 0.1) is 0 Å². The Bertz CT molecular complexity index is 131. The number of hydrogen-bond donors (Lipinski definition) is 0. The lowest BCUT2D eigenvalue weighted by atomic mass is 10.4. The molecule has 0 heterocycles. The minimum Gasteiger partial charge on any atom is -0.311 e. The highest BCUT2D eigenvalue weighted by atomic mass is 31.1. The molecule has 4 atom stereocenters. The van der Waals surface area contributed by atoms with Gasteiger partial charge in [-0.05, 0) is 12.6 Å². The minimum absolute atomic E-state index is 0.0805. The molecule has 0 saturated heterocycles. The third-order valence-electron chi connectivity index (χ3n) is 1.20. The van der Waals surface area contributed by atoms with Gasteiger partial charge in [0.05, 0.1) is 12.5 Å². The highest BCUT2D eigenvalue weighted by Crippen LogP contribution is 2.29. The lowest BCUT2D eigenvalue weighted by Gasteiger charge is -2.09. The summed E-state index contributed by atoms with van der Waals surface area (Å²) in [7, 11) is 2.72. The van der Waals surface area contributed by atoms with Gasteiger partial charge in [0.1, 0.15) is 0 Å². The van der Waals surface area contributed by atoms with E-state index in [9.17, 15) is 4.57 Å². The average Bonchev–Trinajstić information content (AvgIpc) is 2.05. The molecule has 74 valence electrons. The van der Waals surface area contributed by atoms with Gasteiger partial charge in [0.25, 0.3) is 0 Å². The Balaban J connectivity index is 3.33. The van der Waals surface area contributed by atoms with E-state index >= 15 is 0 Å². The Morgan fingerprint density at radius 3 is 2.75 bits per heavy atom. The smallest absolute Gasteiger partial charge is 0.311 e. The van der Waals surface area contributed by atoms with Crippen molar-refractivity contribution in [3.8, 4) is 0 Å². The van der Waals surface area contributed by atoms with E-state index in [0.717, 1.165) is 19.0 Å². The summed E-state index contributed by atoms with van der Waals surface area (Å²) in [5.74, 6) is -0.0805. The molecule has 0 spiro atoms. The number of hydrogen-bond acceptors (Lipinski definition) is 3. The fourth-order valence-corrected chi connectivity index (χ4v) is 1.85. The Morgan fingerprint density at radius 1 is 1.58 bits per heavy atom. The van der Waals surface area contributed by atoms with E-state index in [2.05, 4.69) is 25.4 Å². The monoisotopic (exact) mass is 230 g/mol. The van der Waals surface area contributed by atoms with Crippen molar-refractivity contribution >= 4 is 26.7 Å². The third kappa shape index (κ3) is 7.65. The maximum absolute atomic E-state index is 11.0. The molecular weight excluding hydrogens is 213 g/mol. The van der Waals surface area contributed by atoms with Crippen LogP contribution >= 0.6 is 26.7 Å². The third-order valence-corrected chi connectivity index (χ3v) is 3.82. The van der Waals surface area contributed by atoms with Crippen LogP contribution in [-0.2, 0) is 13.6 Å².